The highest BCUT2D eigenvalue weighted by molar-refractivity contribution is 5.75. The summed E-state index contributed by atoms with van der Waals surface area (Å²) in [6.45, 7) is 7.93. The Morgan fingerprint density at radius 3 is 2.31 bits per heavy atom. The molecule has 0 saturated carbocycles. The van der Waals surface area contributed by atoms with Crippen molar-refractivity contribution in [2.24, 2.45) is 11.7 Å². The van der Waals surface area contributed by atoms with E-state index in [9.17, 15) is 4.79 Å². The maximum absolute atomic E-state index is 11.3. The minimum Gasteiger partial charge on any atom is -0.462 e. The first-order chi connectivity index (χ1) is 5.97. The summed E-state index contributed by atoms with van der Waals surface area (Å²) in [4.78, 5) is 11.3. The summed E-state index contributed by atoms with van der Waals surface area (Å²) in [5.74, 6) is 0.155. The maximum Gasteiger partial charge on any atom is 0.323 e. The zero-order valence-corrected chi connectivity index (χ0v) is 9.04. The number of nitrogens with two attached hydrogens (primary N) is 1. The van der Waals surface area contributed by atoms with E-state index in [1.54, 1.807) is 0 Å². The molecule has 0 radical (unpaired) electrons. The summed E-state index contributed by atoms with van der Waals surface area (Å²) in [5, 5.41) is 0. The Morgan fingerprint density at radius 1 is 1.38 bits per heavy atom. The van der Waals surface area contributed by atoms with Crippen LogP contribution in [0.5, 0.6) is 0 Å². The number of rotatable bonds is 5. The van der Waals surface area contributed by atoms with Gasteiger partial charge in [-0.05, 0) is 25.7 Å². The van der Waals surface area contributed by atoms with Crippen LogP contribution in [-0.4, -0.2) is 18.1 Å². The van der Waals surface area contributed by atoms with Crippen molar-refractivity contribution in [3.8, 4) is 0 Å². The molecule has 0 aromatic heterocycles. The number of ether oxygens (including phenoxy) is 1. The molecule has 0 aliphatic heterocycles. The van der Waals surface area contributed by atoms with Gasteiger partial charge in [0.25, 0.3) is 0 Å². The monoisotopic (exact) mass is 187 g/mol. The minimum atomic E-state index is -0.464. The van der Waals surface area contributed by atoms with Gasteiger partial charge in [0.2, 0.25) is 0 Å². The molecule has 0 heterocycles. The van der Waals surface area contributed by atoms with Crippen molar-refractivity contribution in [1.29, 1.82) is 0 Å². The van der Waals surface area contributed by atoms with E-state index in [0.717, 1.165) is 6.42 Å². The summed E-state index contributed by atoms with van der Waals surface area (Å²) in [5.41, 5.74) is 5.65. The van der Waals surface area contributed by atoms with Gasteiger partial charge in [-0.1, -0.05) is 20.8 Å². The fraction of sp³-hybridized carbons (Fsp3) is 0.900. The first kappa shape index (κ1) is 12.4. The molecule has 78 valence electrons. The van der Waals surface area contributed by atoms with Crippen molar-refractivity contribution in [3.05, 3.63) is 0 Å². The summed E-state index contributed by atoms with van der Waals surface area (Å²) >= 11 is 0. The van der Waals surface area contributed by atoms with Gasteiger partial charge in [0.15, 0.2) is 0 Å². The number of esters is 1. The molecule has 0 aliphatic carbocycles. The molecular formula is C10H21NO2. The molecular weight excluding hydrogens is 166 g/mol. The highest BCUT2D eigenvalue weighted by Crippen LogP contribution is 2.06. The van der Waals surface area contributed by atoms with Crippen LogP contribution in [0.4, 0.5) is 0 Å². The summed E-state index contributed by atoms with van der Waals surface area (Å²) in [6, 6.07) is -0.464. The largest absolute Gasteiger partial charge is 0.462 e. The SMILES string of the molecule is CC[C@@H](C)OC(=O)[C@@H](N)CC(C)C. The molecule has 3 heteroatoms. The van der Waals surface area contributed by atoms with E-state index in [-0.39, 0.29) is 12.1 Å². The highest BCUT2D eigenvalue weighted by Gasteiger charge is 2.17. The van der Waals surface area contributed by atoms with Crippen molar-refractivity contribution in [2.75, 3.05) is 0 Å². The first-order valence-electron chi connectivity index (χ1n) is 4.93. The Labute approximate surface area is 80.6 Å². The van der Waals surface area contributed by atoms with Crippen LogP contribution in [-0.2, 0) is 9.53 Å². The number of carbonyl (C=O) groups excluding carboxylic acids is 1. The lowest BCUT2D eigenvalue weighted by Gasteiger charge is -2.16. The van der Waals surface area contributed by atoms with Gasteiger partial charge in [-0.15, -0.1) is 0 Å². The zero-order valence-electron chi connectivity index (χ0n) is 9.04. The fourth-order valence-electron chi connectivity index (χ4n) is 0.973. The molecule has 0 aliphatic rings. The average molecular weight is 187 g/mol. The normalized spacial score (nSPS) is 15.5. The van der Waals surface area contributed by atoms with Gasteiger partial charge in [-0.3, -0.25) is 4.79 Å². The third kappa shape index (κ3) is 5.64. The van der Waals surface area contributed by atoms with E-state index in [4.69, 9.17) is 10.5 Å². The van der Waals surface area contributed by atoms with Crippen molar-refractivity contribution >= 4 is 5.97 Å². The summed E-state index contributed by atoms with van der Waals surface area (Å²) in [6.07, 6.45) is 1.50. The van der Waals surface area contributed by atoms with E-state index >= 15 is 0 Å². The van der Waals surface area contributed by atoms with Crippen LogP contribution in [0, 0.1) is 5.92 Å². The molecule has 0 amide bonds. The maximum atomic E-state index is 11.3. The van der Waals surface area contributed by atoms with E-state index in [2.05, 4.69) is 0 Å². The Bertz CT molecular complexity index is 157. The van der Waals surface area contributed by atoms with E-state index < -0.39 is 6.04 Å². The molecule has 0 aromatic rings. The number of hydrogen-bond acceptors (Lipinski definition) is 3. The second kappa shape index (κ2) is 5.97. The number of hydrogen-bond donors (Lipinski definition) is 1. The van der Waals surface area contributed by atoms with Crippen molar-refractivity contribution in [3.63, 3.8) is 0 Å². The van der Waals surface area contributed by atoms with Crippen molar-refractivity contribution < 1.29 is 9.53 Å². The van der Waals surface area contributed by atoms with Gasteiger partial charge in [-0.2, -0.15) is 0 Å². The van der Waals surface area contributed by atoms with Gasteiger partial charge in [-0.25, -0.2) is 0 Å². The number of carbonyl (C=O) groups is 1. The van der Waals surface area contributed by atoms with Gasteiger partial charge in [0.1, 0.15) is 6.04 Å². The van der Waals surface area contributed by atoms with E-state index in [0.29, 0.717) is 12.3 Å². The van der Waals surface area contributed by atoms with Crippen LogP contribution in [0.15, 0.2) is 0 Å². The van der Waals surface area contributed by atoms with Crippen LogP contribution in [0.25, 0.3) is 0 Å². The third-order valence-electron chi connectivity index (χ3n) is 1.92. The standard InChI is InChI=1S/C10H21NO2/c1-5-8(4)13-10(12)9(11)6-7(2)3/h7-9H,5-6,11H2,1-4H3/t8-,9+/m1/s1. The fourth-order valence-corrected chi connectivity index (χ4v) is 0.973. The molecule has 13 heavy (non-hydrogen) atoms. The van der Waals surface area contributed by atoms with Gasteiger partial charge < -0.3 is 10.5 Å². The zero-order chi connectivity index (χ0) is 10.4. The topological polar surface area (TPSA) is 52.3 Å². The molecule has 2 N–H and O–H groups in total. The average Bonchev–Trinajstić information content (AvgIpc) is 2.02. The predicted molar refractivity (Wildman–Crippen MR) is 53.3 cm³/mol. The highest BCUT2D eigenvalue weighted by atomic mass is 16.5. The Balaban J connectivity index is 3.82. The van der Waals surface area contributed by atoms with Crippen molar-refractivity contribution in [1.82, 2.24) is 0 Å². The molecule has 0 spiro atoms. The molecule has 0 aromatic carbocycles. The first-order valence-corrected chi connectivity index (χ1v) is 4.93. The molecule has 3 nitrogen and oxygen atoms in total. The van der Waals surface area contributed by atoms with E-state index in [1.807, 2.05) is 27.7 Å². The summed E-state index contributed by atoms with van der Waals surface area (Å²) < 4.78 is 5.10. The van der Waals surface area contributed by atoms with Crippen LogP contribution >= 0.6 is 0 Å². The van der Waals surface area contributed by atoms with Crippen molar-refractivity contribution in [2.45, 2.75) is 52.7 Å². The smallest absolute Gasteiger partial charge is 0.323 e. The Hall–Kier alpha value is -0.570. The van der Waals surface area contributed by atoms with Gasteiger partial charge in [0, 0.05) is 0 Å². The Morgan fingerprint density at radius 2 is 1.92 bits per heavy atom. The van der Waals surface area contributed by atoms with Gasteiger partial charge in [0.05, 0.1) is 6.10 Å². The molecule has 0 saturated heterocycles. The molecule has 0 unspecified atom stereocenters. The van der Waals surface area contributed by atoms with E-state index in [1.165, 1.54) is 0 Å². The third-order valence-corrected chi connectivity index (χ3v) is 1.92. The quantitative estimate of drug-likeness (QED) is 0.666. The minimum absolute atomic E-state index is 0.0225. The lowest BCUT2D eigenvalue weighted by Crippen LogP contribution is -2.35. The van der Waals surface area contributed by atoms with Gasteiger partial charge >= 0.3 is 5.97 Å². The predicted octanol–water partition coefficient (Wildman–Crippen LogP) is 1.70. The Kier molecular flexibility index (Phi) is 5.71. The lowest BCUT2D eigenvalue weighted by atomic mass is 10.0. The van der Waals surface area contributed by atoms with Crippen LogP contribution in [0.2, 0.25) is 0 Å². The second-order valence-electron chi connectivity index (χ2n) is 3.89. The lowest BCUT2D eigenvalue weighted by molar-refractivity contribution is -0.150. The second-order valence-corrected chi connectivity index (χ2v) is 3.89. The van der Waals surface area contributed by atoms with Crippen LogP contribution in [0.1, 0.15) is 40.5 Å². The molecule has 0 rings (SSSR count). The molecule has 0 fully saturated rings. The van der Waals surface area contributed by atoms with Crippen LogP contribution in [0.3, 0.4) is 0 Å². The molecule has 0 bridgehead atoms. The summed E-state index contributed by atoms with van der Waals surface area (Å²) in [7, 11) is 0. The van der Waals surface area contributed by atoms with Crippen LogP contribution < -0.4 is 5.73 Å². The molecule has 2 atom stereocenters.